The molecule has 0 saturated heterocycles. The van der Waals surface area contributed by atoms with Gasteiger partial charge in [-0.1, -0.05) is 13.8 Å². The second-order valence-electron chi connectivity index (χ2n) is 4.89. The van der Waals surface area contributed by atoms with E-state index in [-0.39, 0.29) is 0 Å². The molecular formula is C14H23N5. The summed E-state index contributed by atoms with van der Waals surface area (Å²) in [4.78, 5) is 4.53. The fourth-order valence-corrected chi connectivity index (χ4v) is 2.24. The Kier molecular flexibility index (Phi) is 4.24. The van der Waals surface area contributed by atoms with Crippen molar-refractivity contribution in [3.8, 4) is 0 Å². The zero-order valence-electron chi connectivity index (χ0n) is 12.3. The van der Waals surface area contributed by atoms with Gasteiger partial charge in [0.1, 0.15) is 0 Å². The summed E-state index contributed by atoms with van der Waals surface area (Å²) in [6.45, 7) is 8.09. The molecule has 0 bridgehead atoms. The van der Waals surface area contributed by atoms with Crippen molar-refractivity contribution in [3.05, 3.63) is 29.3 Å². The van der Waals surface area contributed by atoms with Crippen LogP contribution in [-0.4, -0.2) is 25.9 Å². The third-order valence-electron chi connectivity index (χ3n) is 3.10. The first-order chi connectivity index (χ1) is 9.13. The smallest absolute Gasteiger partial charge is 0.203 e. The summed E-state index contributed by atoms with van der Waals surface area (Å²) < 4.78 is 4.05. The molecule has 0 aliphatic rings. The number of rotatable bonds is 6. The Morgan fingerprint density at radius 3 is 2.74 bits per heavy atom. The van der Waals surface area contributed by atoms with E-state index in [1.54, 1.807) is 0 Å². The molecule has 0 unspecified atom stereocenters. The topological polar surface area (TPSA) is 47.7 Å². The number of aryl methyl sites for hydroxylation is 3. The first-order valence-electron chi connectivity index (χ1n) is 6.93. The fourth-order valence-electron chi connectivity index (χ4n) is 2.24. The third kappa shape index (κ3) is 3.16. The molecule has 19 heavy (non-hydrogen) atoms. The lowest BCUT2D eigenvalue weighted by Crippen LogP contribution is -2.09. The summed E-state index contributed by atoms with van der Waals surface area (Å²) in [5.41, 5.74) is 3.47. The average molecular weight is 261 g/mol. The summed E-state index contributed by atoms with van der Waals surface area (Å²) in [5.74, 6) is 0.949. The van der Waals surface area contributed by atoms with Gasteiger partial charge in [-0.25, -0.2) is 4.98 Å². The van der Waals surface area contributed by atoms with Crippen LogP contribution in [-0.2, 0) is 20.0 Å². The average Bonchev–Trinajstić information content (AvgIpc) is 2.90. The van der Waals surface area contributed by atoms with Crippen LogP contribution in [0, 0.1) is 6.92 Å². The van der Waals surface area contributed by atoms with Crippen LogP contribution in [0.5, 0.6) is 0 Å². The van der Waals surface area contributed by atoms with Crippen molar-refractivity contribution >= 4 is 5.95 Å². The number of hydrogen-bond donors (Lipinski definition) is 1. The van der Waals surface area contributed by atoms with Crippen LogP contribution in [0.4, 0.5) is 5.95 Å². The minimum absolute atomic E-state index is 0.823. The van der Waals surface area contributed by atoms with Crippen molar-refractivity contribution in [1.29, 1.82) is 0 Å². The van der Waals surface area contributed by atoms with E-state index >= 15 is 0 Å². The second-order valence-corrected chi connectivity index (χ2v) is 4.89. The van der Waals surface area contributed by atoms with Crippen molar-refractivity contribution in [2.24, 2.45) is 7.05 Å². The van der Waals surface area contributed by atoms with E-state index in [4.69, 9.17) is 0 Å². The predicted octanol–water partition coefficient (Wildman–Crippen LogP) is 2.36. The van der Waals surface area contributed by atoms with Gasteiger partial charge >= 0.3 is 0 Å². The summed E-state index contributed by atoms with van der Waals surface area (Å²) in [6, 6.07) is 0. The Morgan fingerprint density at radius 2 is 2.05 bits per heavy atom. The third-order valence-corrected chi connectivity index (χ3v) is 3.10. The van der Waals surface area contributed by atoms with Gasteiger partial charge in [-0.2, -0.15) is 5.10 Å². The highest BCUT2D eigenvalue weighted by molar-refractivity contribution is 5.31. The van der Waals surface area contributed by atoms with Crippen molar-refractivity contribution in [3.63, 3.8) is 0 Å². The number of nitrogens with one attached hydrogen (secondary N) is 1. The predicted molar refractivity (Wildman–Crippen MR) is 77.4 cm³/mol. The number of imidazole rings is 1. The normalized spacial score (nSPS) is 10.9. The molecule has 0 aromatic carbocycles. The van der Waals surface area contributed by atoms with Crippen LogP contribution in [0.25, 0.3) is 0 Å². The van der Waals surface area contributed by atoms with Crippen LogP contribution < -0.4 is 5.32 Å². The molecule has 0 amide bonds. The van der Waals surface area contributed by atoms with Gasteiger partial charge in [-0.05, 0) is 19.8 Å². The Bertz CT molecular complexity index is 538. The molecule has 0 saturated carbocycles. The molecule has 2 aromatic heterocycles. The summed E-state index contributed by atoms with van der Waals surface area (Å²) in [7, 11) is 1.97. The molecule has 0 fully saturated rings. The van der Waals surface area contributed by atoms with Crippen molar-refractivity contribution < 1.29 is 0 Å². The molecule has 2 aromatic rings. The molecule has 0 spiro atoms. The van der Waals surface area contributed by atoms with Gasteiger partial charge in [0, 0.05) is 31.5 Å². The van der Waals surface area contributed by atoms with Crippen molar-refractivity contribution in [2.75, 3.05) is 11.9 Å². The molecule has 0 atom stereocenters. The van der Waals surface area contributed by atoms with Crippen LogP contribution in [0.15, 0.2) is 12.4 Å². The first-order valence-corrected chi connectivity index (χ1v) is 6.93. The Balaban J connectivity index is 2.22. The highest BCUT2D eigenvalue weighted by Crippen LogP contribution is 2.15. The van der Waals surface area contributed by atoms with Gasteiger partial charge in [0.05, 0.1) is 17.9 Å². The molecule has 0 aliphatic heterocycles. The van der Waals surface area contributed by atoms with E-state index < -0.39 is 0 Å². The van der Waals surface area contributed by atoms with Crippen LogP contribution in [0.2, 0.25) is 0 Å². The van der Waals surface area contributed by atoms with E-state index in [9.17, 15) is 0 Å². The van der Waals surface area contributed by atoms with Crippen molar-refractivity contribution in [2.45, 2.75) is 40.2 Å². The molecule has 1 N–H and O–H groups in total. The van der Waals surface area contributed by atoms with E-state index in [1.807, 2.05) is 18.7 Å². The standard InChI is InChI=1S/C14H23N5/c1-5-7-15-14-16-11(3)8-19(14)10-12-9-18(4)17-13(12)6-2/h8-9H,5-7,10H2,1-4H3,(H,15,16). The van der Waals surface area contributed by atoms with Crippen molar-refractivity contribution in [1.82, 2.24) is 19.3 Å². The summed E-state index contributed by atoms with van der Waals surface area (Å²) >= 11 is 0. The molecule has 5 nitrogen and oxygen atoms in total. The van der Waals surface area contributed by atoms with Crippen LogP contribution in [0.3, 0.4) is 0 Å². The molecule has 2 heterocycles. The zero-order valence-corrected chi connectivity index (χ0v) is 12.3. The lowest BCUT2D eigenvalue weighted by molar-refractivity contribution is 0.746. The van der Waals surface area contributed by atoms with Crippen LogP contribution >= 0.6 is 0 Å². The monoisotopic (exact) mass is 261 g/mol. The zero-order chi connectivity index (χ0) is 13.8. The van der Waals surface area contributed by atoms with Gasteiger partial charge in [-0.15, -0.1) is 0 Å². The fraction of sp³-hybridized carbons (Fsp3) is 0.571. The molecule has 5 heteroatoms. The summed E-state index contributed by atoms with van der Waals surface area (Å²) in [6.07, 6.45) is 6.24. The van der Waals surface area contributed by atoms with E-state index in [0.717, 1.165) is 43.3 Å². The van der Waals surface area contributed by atoms with Crippen LogP contribution in [0.1, 0.15) is 37.2 Å². The largest absolute Gasteiger partial charge is 0.356 e. The Hall–Kier alpha value is -1.78. The molecular weight excluding hydrogens is 238 g/mol. The highest BCUT2D eigenvalue weighted by atomic mass is 15.3. The van der Waals surface area contributed by atoms with E-state index in [1.165, 1.54) is 5.56 Å². The molecule has 0 aliphatic carbocycles. The quantitative estimate of drug-likeness (QED) is 0.868. The van der Waals surface area contributed by atoms with Gasteiger partial charge in [0.25, 0.3) is 0 Å². The SMILES string of the molecule is CCCNc1nc(C)cn1Cc1cn(C)nc1CC. The summed E-state index contributed by atoms with van der Waals surface area (Å²) in [5, 5.41) is 7.86. The Morgan fingerprint density at radius 1 is 1.26 bits per heavy atom. The van der Waals surface area contributed by atoms with Gasteiger partial charge in [0.2, 0.25) is 5.95 Å². The van der Waals surface area contributed by atoms with Gasteiger partial charge < -0.3 is 9.88 Å². The lowest BCUT2D eigenvalue weighted by Gasteiger charge is -2.08. The maximum Gasteiger partial charge on any atom is 0.203 e. The number of hydrogen-bond acceptors (Lipinski definition) is 3. The number of aromatic nitrogens is 4. The minimum atomic E-state index is 0.823. The first kappa shape index (κ1) is 13.6. The highest BCUT2D eigenvalue weighted by Gasteiger charge is 2.10. The van der Waals surface area contributed by atoms with E-state index in [0.29, 0.717) is 0 Å². The number of anilines is 1. The minimum Gasteiger partial charge on any atom is -0.356 e. The van der Waals surface area contributed by atoms with Gasteiger partial charge in [0.15, 0.2) is 0 Å². The second kappa shape index (κ2) is 5.91. The molecule has 0 radical (unpaired) electrons. The maximum absolute atomic E-state index is 4.53. The Labute approximate surface area is 114 Å². The maximum atomic E-state index is 4.53. The lowest BCUT2D eigenvalue weighted by atomic mass is 10.2. The number of nitrogens with zero attached hydrogens (tertiary/aromatic N) is 4. The molecule has 104 valence electrons. The molecule has 2 rings (SSSR count). The van der Waals surface area contributed by atoms with E-state index in [2.05, 4.69) is 46.2 Å². The van der Waals surface area contributed by atoms with Gasteiger partial charge in [-0.3, -0.25) is 4.68 Å².